The molecule has 0 spiro atoms. The van der Waals surface area contributed by atoms with Gasteiger partial charge in [0.1, 0.15) is 5.75 Å². The van der Waals surface area contributed by atoms with E-state index in [4.69, 9.17) is 4.74 Å². The van der Waals surface area contributed by atoms with E-state index in [-0.39, 0.29) is 5.78 Å². The van der Waals surface area contributed by atoms with E-state index in [1.165, 1.54) is 0 Å². The topological polar surface area (TPSA) is 39.2 Å². The number of halogens is 1. The molecule has 0 bridgehead atoms. The van der Waals surface area contributed by atoms with E-state index in [1.807, 2.05) is 12.1 Å². The summed E-state index contributed by atoms with van der Waals surface area (Å²) < 4.78 is 6.28. The maximum atomic E-state index is 12.2. The Morgan fingerprint density at radius 3 is 2.58 bits per heavy atom. The fraction of sp³-hybridized carbons (Fsp3) is 0.200. The van der Waals surface area contributed by atoms with Gasteiger partial charge in [-0.2, -0.15) is 0 Å². The number of ketones is 1. The van der Waals surface area contributed by atoms with Crippen LogP contribution in [-0.4, -0.2) is 17.4 Å². The number of pyridine rings is 1. The molecule has 0 saturated heterocycles. The van der Waals surface area contributed by atoms with E-state index in [9.17, 15) is 4.79 Å². The van der Waals surface area contributed by atoms with E-state index in [0.29, 0.717) is 17.7 Å². The first-order chi connectivity index (χ1) is 9.20. The summed E-state index contributed by atoms with van der Waals surface area (Å²) in [5, 5.41) is 0. The molecule has 2 rings (SSSR count). The normalized spacial score (nSPS) is 10.2. The van der Waals surface area contributed by atoms with Crippen molar-refractivity contribution in [3.8, 4) is 5.75 Å². The monoisotopic (exact) mass is 319 g/mol. The van der Waals surface area contributed by atoms with Crippen LogP contribution < -0.4 is 4.74 Å². The Morgan fingerprint density at radius 2 is 1.95 bits per heavy atom. The van der Waals surface area contributed by atoms with Gasteiger partial charge in [-0.25, -0.2) is 0 Å². The smallest absolute Gasteiger partial charge is 0.194 e. The summed E-state index contributed by atoms with van der Waals surface area (Å²) in [6.07, 6.45) is 4.18. The van der Waals surface area contributed by atoms with Crippen molar-refractivity contribution in [1.29, 1.82) is 0 Å². The number of ether oxygens (including phenoxy) is 1. The average Bonchev–Trinajstić information content (AvgIpc) is 2.45. The molecular formula is C15H14BrNO2. The predicted octanol–water partition coefficient (Wildman–Crippen LogP) is 3.86. The number of carbonyl (C=O) groups is 1. The van der Waals surface area contributed by atoms with Crippen molar-refractivity contribution >= 4 is 21.7 Å². The van der Waals surface area contributed by atoms with Crippen LogP contribution >= 0.6 is 15.9 Å². The molecule has 0 aliphatic carbocycles. The van der Waals surface area contributed by atoms with Gasteiger partial charge in [-0.3, -0.25) is 9.78 Å². The van der Waals surface area contributed by atoms with Crippen molar-refractivity contribution in [3.63, 3.8) is 0 Å². The van der Waals surface area contributed by atoms with E-state index in [1.54, 1.807) is 30.6 Å². The van der Waals surface area contributed by atoms with Gasteiger partial charge in [0.2, 0.25) is 0 Å². The van der Waals surface area contributed by atoms with Crippen molar-refractivity contribution in [1.82, 2.24) is 4.98 Å². The highest BCUT2D eigenvalue weighted by molar-refractivity contribution is 9.10. The van der Waals surface area contributed by atoms with Gasteiger partial charge in [0.25, 0.3) is 0 Å². The second-order valence-electron chi connectivity index (χ2n) is 4.09. The lowest BCUT2D eigenvalue weighted by Crippen LogP contribution is -2.02. The van der Waals surface area contributed by atoms with Gasteiger partial charge in [0.15, 0.2) is 5.78 Å². The molecule has 0 atom stereocenters. The number of hydrogen-bond donors (Lipinski definition) is 0. The van der Waals surface area contributed by atoms with E-state index >= 15 is 0 Å². The highest BCUT2D eigenvalue weighted by Crippen LogP contribution is 2.17. The molecule has 98 valence electrons. The van der Waals surface area contributed by atoms with Crippen molar-refractivity contribution in [3.05, 3.63) is 58.3 Å². The molecule has 4 heteroatoms. The van der Waals surface area contributed by atoms with Crippen LogP contribution in [0.1, 0.15) is 29.3 Å². The zero-order valence-electron chi connectivity index (χ0n) is 10.6. The Hall–Kier alpha value is -1.68. The highest BCUT2D eigenvalue weighted by atomic mass is 79.9. The number of nitrogens with zero attached hydrogens (tertiary/aromatic N) is 1. The van der Waals surface area contributed by atoms with E-state index in [2.05, 4.69) is 27.8 Å². The van der Waals surface area contributed by atoms with Gasteiger partial charge in [-0.15, -0.1) is 0 Å². The lowest BCUT2D eigenvalue weighted by Gasteiger charge is -2.05. The van der Waals surface area contributed by atoms with Gasteiger partial charge in [0, 0.05) is 28.0 Å². The quantitative estimate of drug-likeness (QED) is 0.785. The lowest BCUT2D eigenvalue weighted by atomic mass is 10.1. The minimum atomic E-state index is -0.0455. The molecule has 0 fully saturated rings. The van der Waals surface area contributed by atoms with Crippen LogP contribution in [0.15, 0.2) is 47.2 Å². The minimum Gasteiger partial charge on any atom is -0.494 e. The third kappa shape index (κ3) is 3.64. The zero-order chi connectivity index (χ0) is 13.7. The molecule has 0 aliphatic rings. The lowest BCUT2D eigenvalue weighted by molar-refractivity contribution is 0.103. The van der Waals surface area contributed by atoms with Crippen molar-refractivity contribution < 1.29 is 9.53 Å². The number of aromatic nitrogens is 1. The van der Waals surface area contributed by atoms with Gasteiger partial charge >= 0.3 is 0 Å². The fourth-order valence-corrected chi connectivity index (χ4v) is 1.99. The van der Waals surface area contributed by atoms with Crippen LogP contribution in [0.5, 0.6) is 5.75 Å². The molecule has 2 aromatic rings. The van der Waals surface area contributed by atoms with Crippen molar-refractivity contribution in [2.45, 2.75) is 13.3 Å². The van der Waals surface area contributed by atoms with Crippen LogP contribution in [-0.2, 0) is 0 Å². The SMILES string of the molecule is CCCOc1ccc(C(=O)c2cncc(Br)c2)cc1. The molecule has 19 heavy (non-hydrogen) atoms. The molecule has 1 aromatic heterocycles. The number of benzene rings is 1. The molecule has 1 aromatic carbocycles. The molecule has 3 nitrogen and oxygen atoms in total. The zero-order valence-corrected chi connectivity index (χ0v) is 12.2. The van der Waals surface area contributed by atoms with Gasteiger partial charge in [0.05, 0.1) is 6.61 Å². The summed E-state index contributed by atoms with van der Waals surface area (Å²) in [7, 11) is 0. The summed E-state index contributed by atoms with van der Waals surface area (Å²) in [6.45, 7) is 2.74. The molecule has 0 radical (unpaired) electrons. The molecular weight excluding hydrogens is 306 g/mol. The van der Waals surface area contributed by atoms with Gasteiger partial charge in [-0.05, 0) is 52.7 Å². The Morgan fingerprint density at radius 1 is 1.21 bits per heavy atom. The highest BCUT2D eigenvalue weighted by Gasteiger charge is 2.09. The van der Waals surface area contributed by atoms with Crippen LogP contribution in [0.3, 0.4) is 0 Å². The Bertz CT molecular complexity index is 567. The molecule has 0 N–H and O–H groups in total. The summed E-state index contributed by atoms with van der Waals surface area (Å²) in [4.78, 5) is 16.2. The third-order valence-electron chi connectivity index (χ3n) is 2.56. The average molecular weight is 320 g/mol. The maximum Gasteiger partial charge on any atom is 0.194 e. The molecule has 0 saturated carbocycles. The summed E-state index contributed by atoms with van der Waals surface area (Å²) in [6, 6.07) is 8.93. The first kappa shape index (κ1) is 13.7. The van der Waals surface area contributed by atoms with Gasteiger partial charge in [-0.1, -0.05) is 6.92 Å². The predicted molar refractivity (Wildman–Crippen MR) is 77.6 cm³/mol. The first-order valence-electron chi connectivity index (χ1n) is 6.09. The Balaban J connectivity index is 2.15. The third-order valence-corrected chi connectivity index (χ3v) is 2.99. The largest absolute Gasteiger partial charge is 0.494 e. The second-order valence-corrected chi connectivity index (χ2v) is 5.01. The maximum absolute atomic E-state index is 12.2. The molecule has 0 unspecified atom stereocenters. The van der Waals surface area contributed by atoms with Crippen molar-refractivity contribution in [2.75, 3.05) is 6.61 Å². The summed E-state index contributed by atoms with van der Waals surface area (Å²) >= 11 is 3.31. The van der Waals surface area contributed by atoms with Crippen LogP contribution in [0, 0.1) is 0 Å². The second kappa shape index (κ2) is 6.48. The van der Waals surface area contributed by atoms with Crippen LogP contribution in [0.2, 0.25) is 0 Å². The standard InChI is InChI=1S/C15H14BrNO2/c1-2-7-19-14-5-3-11(4-6-14)15(18)12-8-13(16)10-17-9-12/h3-6,8-10H,2,7H2,1H3. The fourth-order valence-electron chi connectivity index (χ4n) is 1.63. The minimum absolute atomic E-state index is 0.0455. The van der Waals surface area contributed by atoms with E-state index < -0.39 is 0 Å². The summed E-state index contributed by atoms with van der Waals surface area (Å²) in [5.74, 6) is 0.738. The Kier molecular flexibility index (Phi) is 4.68. The molecule has 0 amide bonds. The molecule has 1 heterocycles. The van der Waals surface area contributed by atoms with Crippen LogP contribution in [0.25, 0.3) is 0 Å². The summed E-state index contributed by atoms with van der Waals surface area (Å²) in [5.41, 5.74) is 1.19. The number of hydrogen-bond acceptors (Lipinski definition) is 3. The Labute approximate surface area is 120 Å². The first-order valence-corrected chi connectivity index (χ1v) is 6.88. The molecule has 0 aliphatic heterocycles. The number of rotatable bonds is 5. The van der Waals surface area contributed by atoms with Gasteiger partial charge < -0.3 is 4.74 Å². The number of carbonyl (C=O) groups excluding carboxylic acids is 1. The van der Waals surface area contributed by atoms with Crippen molar-refractivity contribution in [2.24, 2.45) is 0 Å². The van der Waals surface area contributed by atoms with Crippen LogP contribution in [0.4, 0.5) is 0 Å². The van der Waals surface area contributed by atoms with E-state index in [0.717, 1.165) is 16.6 Å².